The Labute approximate surface area is 156 Å². The quantitative estimate of drug-likeness (QED) is 0.738. The van der Waals surface area contributed by atoms with Crippen LogP contribution in [0.5, 0.6) is 0 Å². The second kappa shape index (κ2) is 6.96. The van der Waals surface area contributed by atoms with E-state index in [1.165, 1.54) is 37.5 Å². The minimum Gasteiger partial charge on any atom is -0.381 e. The maximum absolute atomic E-state index is 12.7. The highest BCUT2D eigenvalue weighted by molar-refractivity contribution is 7.97. The van der Waals surface area contributed by atoms with E-state index in [1.807, 2.05) is 0 Å². The zero-order valence-corrected chi connectivity index (χ0v) is 15.7. The summed E-state index contributed by atoms with van der Waals surface area (Å²) in [7, 11) is 0. The predicted molar refractivity (Wildman–Crippen MR) is 93.8 cm³/mol. The SMILES string of the molecule is Cc1cc(C(F)(F)F)ncc1SN1CC2(CN(CC3CCOCC3)C2)C1. The highest BCUT2D eigenvalue weighted by Crippen LogP contribution is 2.45. The summed E-state index contributed by atoms with van der Waals surface area (Å²) in [6, 6.07) is 1.14. The molecule has 0 radical (unpaired) electrons. The molecule has 3 fully saturated rings. The van der Waals surface area contributed by atoms with Crippen molar-refractivity contribution >= 4 is 11.9 Å². The molecule has 26 heavy (non-hydrogen) atoms. The second-order valence-electron chi connectivity index (χ2n) is 7.95. The molecule has 0 aliphatic carbocycles. The smallest absolute Gasteiger partial charge is 0.381 e. The molecule has 0 unspecified atom stereocenters. The molecule has 0 bridgehead atoms. The fraction of sp³-hybridized carbons (Fsp3) is 0.722. The van der Waals surface area contributed by atoms with Crippen molar-refractivity contribution in [2.45, 2.75) is 30.8 Å². The third-order valence-corrected chi connectivity index (χ3v) is 6.72. The Kier molecular flexibility index (Phi) is 4.96. The Morgan fingerprint density at radius 3 is 2.54 bits per heavy atom. The van der Waals surface area contributed by atoms with Gasteiger partial charge < -0.3 is 9.64 Å². The lowest BCUT2D eigenvalue weighted by Crippen LogP contribution is -2.70. The number of rotatable bonds is 4. The molecule has 3 saturated heterocycles. The molecule has 1 aromatic rings. The normalized spacial score (nSPS) is 24.5. The number of halogens is 3. The summed E-state index contributed by atoms with van der Waals surface area (Å²) < 4.78 is 45.8. The lowest BCUT2D eigenvalue weighted by Gasteiger charge is -2.60. The first kappa shape index (κ1) is 18.5. The number of ether oxygens (including phenoxy) is 1. The average Bonchev–Trinajstić information content (AvgIpc) is 2.52. The number of aryl methyl sites for hydroxylation is 1. The van der Waals surface area contributed by atoms with Crippen molar-refractivity contribution in [2.75, 3.05) is 45.9 Å². The topological polar surface area (TPSA) is 28.6 Å². The Bertz CT molecular complexity index is 650. The number of hydrogen-bond donors (Lipinski definition) is 0. The maximum Gasteiger partial charge on any atom is 0.433 e. The van der Waals surface area contributed by atoms with Crippen LogP contribution in [0, 0.1) is 18.3 Å². The van der Waals surface area contributed by atoms with Crippen molar-refractivity contribution in [1.29, 1.82) is 0 Å². The lowest BCUT2D eigenvalue weighted by molar-refractivity contribution is -0.141. The van der Waals surface area contributed by atoms with Crippen LogP contribution < -0.4 is 0 Å². The van der Waals surface area contributed by atoms with E-state index in [4.69, 9.17) is 4.74 Å². The van der Waals surface area contributed by atoms with Crippen molar-refractivity contribution in [3.8, 4) is 0 Å². The Morgan fingerprint density at radius 2 is 1.92 bits per heavy atom. The van der Waals surface area contributed by atoms with Gasteiger partial charge in [-0.2, -0.15) is 13.2 Å². The van der Waals surface area contributed by atoms with Crippen LogP contribution in [0.4, 0.5) is 13.2 Å². The monoisotopic (exact) mass is 387 g/mol. The fourth-order valence-electron chi connectivity index (χ4n) is 4.23. The molecule has 0 N–H and O–H groups in total. The van der Waals surface area contributed by atoms with Gasteiger partial charge in [-0.25, -0.2) is 4.31 Å². The van der Waals surface area contributed by atoms with Crippen molar-refractivity contribution < 1.29 is 17.9 Å². The Balaban J connectivity index is 1.23. The van der Waals surface area contributed by atoms with Crippen LogP contribution >= 0.6 is 11.9 Å². The molecule has 1 spiro atoms. The molecule has 4 nitrogen and oxygen atoms in total. The van der Waals surface area contributed by atoms with Crippen molar-refractivity contribution in [3.63, 3.8) is 0 Å². The molecule has 3 aliphatic rings. The van der Waals surface area contributed by atoms with Crippen LogP contribution in [0.3, 0.4) is 0 Å². The number of nitrogens with zero attached hydrogens (tertiary/aromatic N) is 3. The summed E-state index contributed by atoms with van der Waals surface area (Å²) in [6.07, 6.45) is -0.683. The van der Waals surface area contributed by atoms with E-state index >= 15 is 0 Å². The Hall–Kier alpha value is -0.830. The summed E-state index contributed by atoms with van der Waals surface area (Å²) in [6.45, 7) is 8.99. The zero-order valence-electron chi connectivity index (χ0n) is 14.9. The molecular formula is C18H24F3N3OS. The van der Waals surface area contributed by atoms with Gasteiger partial charge in [0.05, 0.1) is 0 Å². The summed E-state index contributed by atoms with van der Waals surface area (Å²) >= 11 is 1.53. The first-order chi connectivity index (χ1) is 12.3. The minimum atomic E-state index is -4.38. The molecule has 4 rings (SSSR count). The van der Waals surface area contributed by atoms with Crippen LogP contribution in [0.25, 0.3) is 0 Å². The van der Waals surface area contributed by atoms with Gasteiger partial charge in [-0.3, -0.25) is 4.98 Å². The van der Waals surface area contributed by atoms with Crippen molar-refractivity contribution in [2.24, 2.45) is 11.3 Å². The fourth-order valence-corrected chi connectivity index (χ4v) is 5.48. The number of aromatic nitrogens is 1. The maximum atomic E-state index is 12.7. The first-order valence-electron chi connectivity index (χ1n) is 9.10. The van der Waals surface area contributed by atoms with E-state index in [1.54, 1.807) is 6.92 Å². The van der Waals surface area contributed by atoms with Gasteiger partial charge >= 0.3 is 6.18 Å². The van der Waals surface area contributed by atoms with Crippen LogP contribution in [-0.2, 0) is 10.9 Å². The first-order valence-corrected chi connectivity index (χ1v) is 9.87. The van der Waals surface area contributed by atoms with Crippen molar-refractivity contribution in [3.05, 3.63) is 23.5 Å². The summed E-state index contributed by atoms with van der Waals surface area (Å²) in [5.74, 6) is 0.771. The van der Waals surface area contributed by atoms with Gasteiger partial charge in [0.25, 0.3) is 0 Å². The van der Waals surface area contributed by atoms with Gasteiger partial charge in [-0.15, -0.1) is 0 Å². The van der Waals surface area contributed by atoms with Gasteiger partial charge in [0, 0.05) is 62.4 Å². The standard InChI is InChI=1S/C18H24F3N3OS/c1-13-6-16(18(19,20)21)22-7-15(13)26-24-11-17(12-24)9-23(10-17)8-14-2-4-25-5-3-14/h6-7,14H,2-5,8-12H2,1H3. The molecule has 0 amide bonds. The van der Waals surface area contributed by atoms with Crippen molar-refractivity contribution in [1.82, 2.24) is 14.2 Å². The highest BCUT2D eigenvalue weighted by atomic mass is 32.2. The van der Waals surface area contributed by atoms with Crippen LogP contribution in [0.2, 0.25) is 0 Å². The van der Waals surface area contributed by atoms with E-state index in [9.17, 15) is 13.2 Å². The molecule has 1 aromatic heterocycles. The average molecular weight is 387 g/mol. The number of likely N-dealkylation sites (tertiary alicyclic amines) is 1. The summed E-state index contributed by atoms with van der Waals surface area (Å²) in [4.78, 5) is 6.93. The molecule has 144 valence electrons. The second-order valence-corrected chi connectivity index (χ2v) is 9.09. The number of hydrogen-bond acceptors (Lipinski definition) is 5. The van der Waals surface area contributed by atoms with E-state index < -0.39 is 11.9 Å². The third kappa shape index (κ3) is 3.88. The number of pyridine rings is 1. The minimum absolute atomic E-state index is 0.394. The molecule has 0 saturated carbocycles. The molecule has 0 aromatic carbocycles. The molecular weight excluding hydrogens is 363 g/mol. The Morgan fingerprint density at radius 1 is 1.23 bits per heavy atom. The van der Waals surface area contributed by atoms with Gasteiger partial charge in [-0.1, -0.05) is 0 Å². The van der Waals surface area contributed by atoms with E-state index in [2.05, 4.69) is 14.2 Å². The van der Waals surface area contributed by atoms with E-state index in [0.29, 0.717) is 11.0 Å². The summed E-state index contributed by atoms with van der Waals surface area (Å²) in [5.41, 5.74) is 0.209. The van der Waals surface area contributed by atoms with E-state index in [0.717, 1.165) is 56.3 Å². The molecule has 8 heteroatoms. The van der Waals surface area contributed by atoms with Gasteiger partial charge in [-0.05, 0) is 49.3 Å². The lowest BCUT2D eigenvalue weighted by atomic mass is 9.74. The van der Waals surface area contributed by atoms with Crippen LogP contribution in [0.1, 0.15) is 24.1 Å². The molecule has 3 aliphatic heterocycles. The summed E-state index contributed by atoms with van der Waals surface area (Å²) in [5, 5.41) is 0. The van der Waals surface area contributed by atoms with Gasteiger partial charge in [0.2, 0.25) is 0 Å². The molecule has 4 heterocycles. The van der Waals surface area contributed by atoms with Crippen LogP contribution in [0.15, 0.2) is 17.2 Å². The third-order valence-electron chi connectivity index (χ3n) is 5.58. The molecule has 0 atom stereocenters. The highest BCUT2D eigenvalue weighted by Gasteiger charge is 2.52. The largest absolute Gasteiger partial charge is 0.433 e. The predicted octanol–water partition coefficient (Wildman–Crippen LogP) is 3.46. The number of alkyl halides is 3. The van der Waals surface area contributed by atoms with Crippen LogP contribution in [-0.4, -0.2) is 60.1 Å². The zero-order chi connectivity index (χ0) is 18.4. The van der Waals surface area contributed by atoms with Gasteiger partial charge in [0.1, 0.15) is 5.69 Å². The van der Waals surface area contributed by atoms with Gasteiger partial charge in [0.15, 0.2) is 0 Å². The van der Waals surface area contributed by atoms with E-state index in [-0.39, 0.29) is 0 Å².